The highest BCUT2D eigenvalue weighted by molar-refractivity contribution is 6.03. The third-order valence-electron chi connectivity index (χ3n) is 3.12. The molecule has 3 rings (SSSR count). The molecule has 0 amide bonds. The Labute approximate surface area is 119 Å². The van der Waals surface area contributed by atoms with Crippen LogP contribution in [0.3, 0.4) is 0 Å². The normalized spacial score (nSPS) is 11.0. The van der Waals surface area contributed by atoms with Crippen molar-refractivity contribution in [3.05, 3.63) is 35.5 Å². The van der Waals surface area contributed by atoms with Crippen molar-refractivity contribution in [3.63, 3.8) is 0 Å². The topological polar surface area (TPSA) is 106 Å². The highest BCUT2D eigenvalue weighted by Gasteiger charge is 2.17. The lowest BCUT2D eigenvalue weighted by Gasteiger charge is -2.09. The summed E-state index contributed by atoms with van der Waals surface area (Å²) >= 11 is 0. The summed E-state index contributed by atoms with van der Waals surface area (Å²) in [6, 6.07) is 1.79. The van der Waals surface area contributed by atoms with E-state index < -0.39 is 5.97 Å². The van der Waals surface area contributed by atoms with Crippen LogP contribution in [0.5, 0.6) is 0 Å². The number of fused-ring (bicyclic) bond motifs is 1. The molecule has 2 N–H and O–H groups in total. The Morgan fingerprint density at radius 2 is 2.29 bits per heavy atom. The minimum Gasteiger partial charge on any atom is -0.478 e. The van der Waals surface area contributed by atoms with Crippen LogP contribution >= 0.6 is 0 Å². The first kappa shape index (κ1) is 13.1. The van der Waals surface area contributed by atoms with E-state index in [4.69, 9.17) is 4.52 Å². The van der Waals surface area contributed by atoms with Crippen molar-refractivity contribution in [1.29, 1.82) is 0 Å². The number of hydrogen-bond acceptors (Lipinski definition) is 6. The third kappa shape index (κ3) is 2.31. The number of aromatic carboxylic acids is 1. The van der Waals surface area contributed by atoms with Gasteiger partial charge in [-0.1, -0.05) is 5.16 Å². The monoisotopic (exact) mass is 287 g/mol. The number of hydrogen-bond donors (Lipinski definition) is 2. The van der Waals surface area contributed by atoms with E-state index >= 15 is 0 Å². The zero-order valence-corrected chi connectivity index (χ0v) is 11.5. The number of nitrogens with zero attached hydrogens (tertiary/aromatic N) is 4. The SMILES string of the molecule is Cc1cc(CNc2c(C(=O)O)cnc3c2cnn3C)no1. The second-order valence-corrected chi connectivity index (χ2v) is 4.64. The van der Waals surface area contributed by atoms with Gasteiger partial charge in [-0.2, -0.15) is 5.10 Å². The predicted molar refractivity (Wildman–Crippen MR) is 74.0 cm³/mol. The van der Waals surface area contributed by atoms with E-state index in [-0.39, 0.29) is 5.56 Å². The van der Waals surface area contributed by atoms with Gasteiger partial charge in [0.15, 0.2) is 5.65 Å². The Hall–Kier alpha value is -2.90. The molecule has 0 bridgehead atoms. The Kier molecular flexibility index (Phi) is 3.05. The van der Waals surface area contributed by atoms with Gasteiger partial charge in [-0.05, 0) is 6.92 Å². The number of aryl methyl sites for hydroxylation is 2. The van der Waals surface area contributed by atoms with Gasteiger partial charge in [0.05, 0.1) is 23.8 Å². The maximum absolute atomic E-state index is 11.3. The van der Waals surface area contributed by atoms with Crippen molar-refractivity contribution in [1.82, 2.24) is 19.9 Å². The van der Waals surface area contributed by atoms with Crippen molar-refractivity contribution < 1.29 is 14.4 Å². The molecule has 3 aromatic rings. The molecule has 0 aromatic carbocycles. The summed E-state index contributed by atoms with van der Waals surface area (Å²) in [5, 5.41) is 21.0. The fourth-order valence-corrected chi connectivity index (χ4v) is 2.13. The summed E-state index contributed by atoms with van der Waals surface area (Å²) in [4.78, 5) is 15.5. The Morgan fingerprint density at radius 3 is 2.95 bits per heavy atom. The van der Waals surface area contributed by atoms with Gasteiger partial charge in [0.25, 0.3) is 0 Å². The first-order valence-electron chi connectivity index (χ1n) is 6.26. The van der Waals surface area contributed by atoms with E-state index in [2.05, 4.69) is 20.6 Å². The molecule has 8 nitrogen and oxygen atoms in total. The lowest BCUT2D eigenvalue weighted by Crippen LogP contribution is -2.08. The van der Waals surface area contributed by atoms with Gasteiger partial charge in [-0.15, -0.1) is 0 Å². The van der Waals surface area contributed by atoms with Crippen molar-refractivity contribution in [2.45, 2.75) is 13.5 Å². The zero-order chi connectivity index (χ0) is 15.0. The predicted octanol–water partition coefficient (Wildman–Crippen LogP) is 1.58. The first-order chi connectivity index (χ1) is 10.1. The van der Waals surface area contributed by atoms with Crippen LogP contribution in [0.15, 0.2) is 23.0 Å². The van der Waals surface area contributed by atoms with Crippen LogP contribution in [-0.2, 0) is 13.6 Å². The van der Waals surface area contributed by atoms with E-state index in [1.807, 2.05) is 0 Å². The molecule has 0 radical (unpaired) electrons. The standard InChI is InChI=1S/C13H13N5O3/c1-7-3-8(17-21-7)4-14-11-9-6-16-18(2)12(9)15-5-10(11)13(19)20/h3,5-6H,4H2,1-2H3,(H,14,15)(H,19,20). The average molecular weight is 287 g/mol. The van der Waals surface area contributed by atoms with Gasteiger partial charge in [0.2, 0.25) is 0 Å². The van der Waals surface area contributed by atoms with Crippen LogP contribution in [0.2, 0.25) is 0 Å². The van der Waals surface area contributed by atoms with Crippen molar-refractivity contribution in [3.8, 4) is 0 Å². The first-order valence-corrected chi connectivity index (χ1v) is 6.26. The number of aromatic nitrogens is 4. The van der Waals surface area contributed by atoms with Crippen molar-refractivity contribution in [2.24, 2.45) is 7.05 Å². The zero-order valence-electron chi connectivity index (χ0n) is 11.5. The molecule has 0 saturated heterocycles. The number of carbonyl (C=O) groups is 1. The third-order valence-corrected chi connectivity index (χ3v) is 3.12. The summed E-state index contributed by atoms with van der Waals surface area (Å²) in [7, 11) is 1.75. The Balaban J connectivity index is 2.01. The van der Waals surface area contributed by atoms with Crippen LogP contribution in [0.4, 0.5) is 5.69 Å². The molecule has 21 heavy (non-hydrogen) atoms. The van der Waals surface area contributed by atoms with Crippen LogP contribution in [-0.4, -0.2) is 31.0 Å². The molecular formula is C13H13N5O3. The van der Waals surface area contributed by atoms with Gasteiger partial charge in [0, 0.05) is 19.3 Å². The molecule has 0 aliphatic rings. The Bertz CT molecular complexity index is 820. The van der Waals surface area contributed by atoms with Crippen LogP contribution in [0.25, 0.3) is 11.0 Å². The van der Waals surface area contributed by atoms with E-state index in [1.165, 1.54) is 6.20 Å². The molecule has 8 heteroatoms. The van der Waals surface area contributed by atoms with Gasteiger partial charge in [-0.25, -0.2) is 9.78 Å². The minimum atomic E-state index is -1.05. The second-order valence-electron chi connectivity index (χ2n) is 4.64. The molecule has 3 heterocycles. The fourth-order valence-electron chi connectivity index (χ4n) is 2.13. The molecule has 108 valence electrons. The summed E-state index contributed by atoms with van der Waals surface area (Å²) < 4.78 is 6.58. The van der Waals surface area contributed by atoms with Gasteiger partial charge in [-0.3, -0.25) is 4.68 Å². The summed E-state index contributed by atoms with van der Waals surface area (Å²) in [5.74, 6) is -0.349. The number of carboxylic acids is 1. The molecular weight excluding hydrogens is 274 g/mol. The quantitative estimate of drug-likeness (QED) is 0.750. The summed E-state index contributed by atoms with van der Waals surface area (Å²) in [6.07, 6.45) is 2.91. The molecule has 0 spiro atoms. The molecule has 0 saturated carbocycles. The van der Waals surface area contributed by atoms with Gasteiger partial charge in [0.1, 0.15) is 17.0 Å². The molecule has 0 atom stereocenters. The number of carboxylic acid groups (broad SMARTS) is 1. The van der Waals surface area contributed by atoms with E-state index in [0.717, 1.165) is 0 Å². The van der Waals surface area contributed by atoms with Gasteiger partial charge >= 0.3 is 5.97 Å². The van der Waals surface area contributed by atoms with Crippen molar-refractivity contribution in [2.75, 3.05) is 5.32 Å². The summed E-state index contributed by atoms with van der Waals surface area (Å²) in [5.41, 5.74) is 1.87. The molecule has 0 aliphatic heterocycles. The highest BCUT2D eigenvalue weighted by atomic mass is 16.5. The van der Waals surface area contributed by atoms with Gasteiger partial charge < -0.3 is 14.9 Å². The van der Waals surface area contributed by atoms with Crippen LogP contribution in [0.1, 0.15) is 21.8 Å². The summed E-state index contributed by atoms with van der Waals surface area (Å²) in [6.45, 7) is 2.15. The Morgan fingerprint density at radius 1 is 1.48 bits per heavy atom. The fraction of sp³-hybridized carbons (Fsp3) is 0.231. The number of anilines is 1. The van der Waals surface area contributed by atoms with Crippen molar-refractivity contribution >= 4 is 22.7 Å². The van der Waals surface area contributed by atoms with Crippen LogP contribution in [0, 0.1) is 6.92 Å². The maximum Gasteiger partial charge on any atom is 0.339 e. The number of pyridine rings is 1. The second kappa shape index (κ2) is 4.89. The highest BCUT2D eigenvalue weighted by Crippen LogP contribution is 2.26. The van der Waals surface area contributed by atoms with E-state index in [1.54, 1.807) is 30.9 Å². The minimum absolute atomic E-state index is 0.0933. The number of rotatable bonds is 4. The smallest absolute Gasteiger partial charge is 0.339 e. The van der Waals surface area contributed by atoms with Crippen LogP contribution < -0.4 is 5.32 Å². The molecule has 0 fully saturated rings. The molecule has 0 aliphatic carbocycles. The maximum atomic E-state index is 11.3. The average Bonchev–Trinajstić information content (AvgIpc) is 3.03. The largest absolute Gasteiger partial charge is 0.478 e. The lowest BCUT2D eigenvalue weighted by atomic mass is 10.2. The molecule has 0 unspecified atom stereocenters. The molecule has 3 aromatic heterocycles. The van der Waals surface area contributed by atoms with E-state index in [0.29, 0.717) is 34.7 Å². The lowest BCUT2D eigenvalue weighted by molar-refractivity contribution is 0.0697. The van der Waals surface area contributed by atoms with E-state index in [9.17, 15) is 9.90 Å². The number of nitrogens with one attached hydrogen (secondary N) is 1.